The van der Waals surface area contributed by atoms with Gasteiger partial charge in [0, 0.05) is 5.56 Å². The van der Waals surface area contributed by atoms with Crippen molar-refractivity contribution in [2.75, 3.05) is 19.1 Å². The molecule has 1 aromatic heterocycles. The lowest BCUT2D eigenvalue weighted by Crippen LogP contribution is -2.41. The predicted octanol–water partition coefficient (Wildman–Crippen LogP) is 3.14. The van der Waals surface area contributed by atoms with Gasteiger partial charge in [-0.1, -0.05) is 30.3 Å². The lowest BCUT2D eigenvalue weighted by molar-refractivity contribution is -0.142. The minimum absolute atomic E-state index is 0.295. The van der Waals surface area contributed by atoms with Gasteiger partial charge in [0.05, 0.1) is 17.8 Å². The van der Waals surface area contributed by atoms with Crippen LogP contribution in [0.4, 0.5) is 0 Å². The van der Waals surface area contributed by atoms with Crippen molar-refractivity contribution in [3.63, 3.8) is 0 Å². The van der Waals surface area contributed by atoms with E-state index >= 15 is 0 Å². The van der Waals surface area contributed by atoms with Gasteiger partial charge in [0.25, 0.3) is 5.91 Å². The maximum absolute atomic E-state index is 12.7. The Hall–Kier alpha value is -1.86. The van der Waals surface area contributed by atoms with E-state index in [2.05, 4.69) is 10.3 Å². The Bertz CT molecular complexity index is 701. The number of nitrogens with zero attached hydrogens (tertiary/aromatic N) is 1. The summed E-state index contributed by atoms with van der Waals surface area (Å²) < 4.78 is 4.79. The summed E-state index contributed by atoms with van der Waals surface area (Å²) >= 11 is 2.94. The van der Waals surface area contributed by atoms with Crippen molar-refractivity contribution in [3.05, 3.63) is 40.2 Å². The molecule has 24 heavy (non-hydrogen) atoms. The maximum atomic E-state index is 12.7. The highest BCUT2D eigenvalue weighted by Crippen LogP contribution is 2.28. The number of benzene rings is 1. The first-order valence-electron chi connectivity index (χ1n) is 7.47. The zero-order valence-corrected chi connectivity index (χ0v) is 15.5. The van der Waals surface area contributed by atoms with Crippen molar-refractivity contribution in [3.8, 4) is 11.3 Å². The van der Waals surface area contributed by atoms with Gasteiger partial charge in [-0.3, -0.25) is 4.79 Å². The zero-order valence-electron chi connectivity index (χ0n) is 13.9. The fourth-order valence-corrected chi connectivity index (χ4v) is 3.54. The van der Waals surface area contributed by atoms with Crippen molar-refractivity contribution in [1.82, 2.24) is 10.3 Å². The maximum Gasteiger partial charge on any atom is 0.328 e. The molecular formula is C17H20N2O3S2. The molecule has 1 N–H and O–H groups in total. The molecule has 0 fully saturated rings. The average molecular weight is 364 g/mol. The number of hydrogen-bond donors (Lipinski definition) is 1. The number of carbonyl (C=O) groups excluding carboxylic acids is 2. The fraction of sp³-hybridized carbons (Fsp3) is 0.353. The largest absolute Gasteiger partial charge is 0.467 e. The topological polar surface area (TPSA) is 68.3 Å². The molecule has 0 aliphatic carbocycles. The lowest BCUT2D eigenvalue weighted by Gasteiger charge is -2.15. The molecule has 1 unspecified atom stereocenters. The van der Waals surface area contributed by atoms with Crippen LogP contribution in [0.1, 0.15) is 21.1 Å². The van der Waals surface area contributed by atoms with E-state index in [9.17, 15) is 9.59 Å². The molecule has 0 saturated carbocycles. The molecule has 0 aliphatic rings. The van der Waals surface area contributed by atoms with Crippen molar-refractivity contribution in [1.29, 1.82) is 0 Å². The molecule has 1 amide bonds. The van der Waals surface area contributed by atoms with Crippen molar-refractivity contribution in [2.24, 2.45) is 0 Å². The van der Waals surface area contributed by atoms with Gasteiger partial charge in [0.2, 0.25) is 0 Å². The van der Waals surface area contributed by atoms with Crippen LogP contribution in [-0.2, 0) is 9.53 Å². The molecule has 128 valence electrons. The molecule has 1 heterocycles. The number of nitrogens with one attached hydrogen (secondary N) is 1. The first-order chi connectivity index (χ1) is 11.6. The van der Waals surface area contributed by atoms with E-state index in [1.54, 1.807) is 11.8 Å². The van der Waals surface area contributed by atoms with Gasteiger partial charge in [-0.15, -0.1) is 11.3 Å². The normalized spacial score (nSPS) is 11.8. The number of esters is 1. The van der Waals surface area contributed by atoms with Crippen LogP contribution in [0.3, 0.4) is 0 Å². The van der Waals surface area contributed by atoms with Crippen molar-refractivity contribution < 1.29 is 14.3 Å². The SMILES string of the molecule is COC(=O)C(CCSC)NC(=O)c1sc(C)nc1-c1ccccc1. The molecule has 0 saturated heterocycles. The first-order valence-corrected chi connectivity index (χ1v) is 9.68. The second-order valence-corrected chi connectivity index (χ2v) is 7.30. The minimum Gasteiger partial charge on any atom is -0.467 e. The van der Waals surface area contributed by atoms with Gasteiger partial charge < -0.3 is 10.1 Å². The number of methoxy groups -OCH3 is 1. The fourth-order valence-electron chi connectivity index (χ4n) is 2.22. The van der Waals surface area contributed by atoms with Crippen LogP contribution in [0.15, 0.2) is 30.3 Å². The van der Waals surface area contributed by atoms with Gasteiger partial charge in [-0.2, -0.15) is 11.8 Å². The summed E-state index contributed by atoms with van der Waals surface area (Å²) in [6.45, 7) is 1.86. The van der Waals surface area contributed by atoms with Crippen LogP contribution in [0.2, 0.25) is 0 Å². The number of ether oxygens (including phenoxy) is 1. The van der Waals surface area contributed by atoms with E-state index in [1.165, 1.54) is 18.4 Å². The van der Waals surface area contributed by atoms with Gasteiger partial charge in [0.1, 0.15) is 10.9 Å². The second kappa shape index (κ2) is 8.84. The Balaban J connectivity index is 2.24. The predicted molar refractivity (Wildman–Crippen MR) is 98.6 cm³/mol. The number of thioether (sulfide) groups is 1. The molecule has 1 aromatic carbocycles. The van der Waals surface area contributed by atoms with Crippen LogP contribution >= 0.6 is 23.1 Å². The third kappa shape index (κ3) is 4.58. The van der Waals surface area contributed by atoms with Crippen LogP contribution < -0.4 is 5.32 Å². The Labute approximate surface area is 149 Å². The molecule has 2 rings (SSSR count). The van der Waals surface area contributed by atoms with Crippen LogP contribution in [-0.4, -0.2) is 42.0 Å². The van der Waals surface area contributed by atoms with E-state index in [4.69, 9.17) is 4.74 Å². The standard InChI is InChI=1S/C17H20N2O3S2/c1-11-18-14(12-7-5-4-6-8-12)15(24-11)16(20)19-13(9-10-23-3)17(21)22-2/h4-8,13H,9-10H2,1-3H3,(H,19,20). The Morgan fingerprint density at radius 3 is 2.67 bits per heavy atom. The highest BCUT2D eigenvalue weighted by Gasteiger charge is 2.25. The van der Waals surface area contributed by atoms with Crippen LogP contribution in [0, 0.1) is 6.92 Å². The summed E-state index contributed by atoms with van der Waals surface area (Å²) in [5, 5.41) is 3.59. The summed E-state index contributed by atoms with van der Waals surface area (Å²) in [4.78, 5) is 29.6. The molecule has 1 atom stereocenters. The van der Waals surface area contributed by atoms with Gasteiger partial charge in [0.15, 0.2) is 0 Å². The summed E-state index contributed by atoms with van der Waals surface area (Å²) in [6, 6.07) is 8.90. The van der Waals surface area contributed by atoms with Gasteiger partial charge in [-0.05, 0) is 25.4 Å². The average Bonchev–Trinajstić information content (AvgIpc) is 3.00. The van der Waals surface area contributed by atoms with Gasteiger partial charge in [-0.25, -0.2) is 9.78 Å². The molecule has 0 bridgehead atoms. The molecular weight excluding hydrogens is 344 g/mol. The zero-order chi connectivity index (χ0) is 17.5. The lowest BCUT2D eigenvalue weighted by atomic mass is 10.1. The highest BCUT2D eigenvalue weighted by atomic mass is 32.2. The molecule has 0 spiro atoms. The number of thiazole rings is 1. The third-order valence-electron chi connectivity index (χ3n) is 3.39. The smallest absolute Gasteiger partial charge is 0.328 e. The molecule has 7 heteroatoms. The third-order valence-corrected chi connectivity index (χ3v) is 5.00. The monoisotopic (exact) mass is 364 g/mol. The Morgan fingerprint density at radius 2 is 2.04 bits per heavy atom. The van der Waals surface area contributed by atoms with Gasteiger partial charge >= 0.3 is 5.97 Å². The number of aromatic nitrogens is 1. The van der Waals surface area contributed by atoms with E-state index in [0.29, 0.717) is 17.0 Å². The molecule has 5 nitrogen and oxygen atoms in total. The van der Waals surface area contributed by atoms with Crippen molar-refractivity contribution in [2.45, 2.75) is 19.4 Å². The number of aryl methyl sites for hydroxylation is 1. The summed E-state index contributed by atoms with van der Waals surface area (Å²) in [6.07, 6.45) is 2.48. The first kappa shape index (κ1) is 18.5. The summed E-state index contributed by atoms with van der Waals surface area (Å²) in [7, 11) is 1.33. The number of rotatable bonds is 7. The highest BCUT2D eigenvalue weighted by molar-refractivity contribution is 7.98. The Kier molecular flexibility index (Phi) is 6.81. The molecule has 0 radical (unpaired) electrons. The van der Waals surface area contributed by atoms with Crippen LogP contribution in [0.25, 0.3) is 11.3 Å². The molecule has 2 aromatic rings. The number of carbonyl (C=O) groups is 2. The Morgan fingerprint density at radius 1 is 1.33 bits per heavy atom. The summed E-state index contributed by atoms with van der Waals surface area (Å²) in [5.41, 5.74) is 1.52. The van der Waals surface area contributed by atoms with E-state index in [-0.39, 0.29) is 5.91 Å². The van der Waals surface area contributed by atoms with Crippen LogP contribution in [0.5, 0.6) is 0 Å². The molecule has 0 aliphatic heterocycles. The number of amides is 1. The van der Waals surface area contributed by atoms with E-state index < -0.39 is 12.0 Å². The minimum atomic E-state index is -0.652. The van der Waals surface area contributed by atoms with Crippen molar-refractivity contribution >= 4 is 35.0 Å². The van der Waals surface area contributed by atoms with E-state index in [1.807, 2.05) is 43.5 Å². The second-order valence-electron chi connectivity index (χ2n) is 5.11. The van der Waals surface area contributed by atoms with E-state index in [0.717, 1.165) is 16.3 Å². The quantitative estimate of drug-likeness (QED) is 0.765. The summed E-state index contributed by atoms with van der Waals surface area (Å²) in [5.74, 6) is 0.0312. The number of hydrogen-bond acceptors (Lipinski definition) is 6.